The molecule has 0 unspecified atom stereocenters. The van der Waals surface area contributed by atoms with Gasteiger partial charge in [-0.05, 0) is 18.1 Å². The fraction of sp³-hybridized carbons (Fsp3) is 0.267. The molecule has 1 aromatic rings. The van der Waals surface area contributed by atoms with Crippen molar-refractivity contribution in [2.45, 2.75) is 19.9 Å². The summed E-state index contributed by atoms with van der Waals surface area (Å²) in [5.41, 5.74) is 0.263. The van der Waals surface area contributed by atoms with Crippen molar-refractivity contribution in [1.29, 1.82) is 0 Å². The van der Waals surface area contributed by atoms with Crippen LogP contribution in [-0.4, -0.2) is 32.2 Å². The van der Waals surface area contributed by atoms with Crippen molar-refractivity contribution in [3.8, 4) is 0 Å². The second-order valence-corrected chi connectivity index (χ2v) is 6.78. The molecule has 0 radical (unpaired) electrons. The predicted molar refractivity (Wildman–Crippen MR) is 87.7 cm³/mol. The third kappa shape index (κ3) is 3.20. The maximum Gasteiger partial charge on any atom is 0.327 e. The van der Waals surface area contributed by atoms with Gasteiger partial charge in [-0.1, -0.05) is 56.0 Å². The number of nitrogens with zero attached hydrogens (tertiary/aromatic N) is 1. The summed E-state index contributed by atoms with van der Waals surface area (Å²) in [7, 11) is 0. The molecule has 1 fully saturated rings. The lowest BCUT2D eigenvalue weighted by Crippen LogP contribution is -2.47. The molecule has 1 atom stereocenters. The van der Waals surface area contributed by atoms with Gasteiger partial charge in [0, 0.05) is 5.56 Å². The quantitative estimate of drug-likeness (QED) is 0.675. The number of thioether (sulfide) groups is 1. The van der Waals surface area contributed by atoms with E-state index in [2.05, 4.69) is 0 Å². The van der Waals surface area contributed by atoms with Gasteiger partial charge in [-0.2, -0.15) is 0 Å². The number of halogens is 1. The maximum absolute atomic E-state index is 13.7. The average molecular weight is 339 g/mol. The van der Waals surface area contributed by atoms with E-state index >= 15 is 0 Å². The molecular weight excluding hydrogens is 325 g/mol. The molecule has 0 aromatic heterocycles. The third-order valence-electron chi connectivity index (χ3n) is 3.18. The number of amides is 1. The molecule has 4 nitrogen and oxygen atoms in total. The highest BCUT2D eigenvalue weighted by molar-refractivity contribution is 8.26. The fourth-order valence-electron chi connectivity index (χ4n) is 2.15. The van der Waals surface area contributed by atoms with Gasteiger partial charge in [-0.25, -0.2) is 9.18 Å². The van der Waals surface area contributed by atoms with Gasteiger partial charge < -0.3 is 5.11 Å². The lowest BCUT2D eigenvalue weighted by molar-refractivity contribution is -0.146. The van der Waals surface area contributed by atoms with Gasteiger partial charge in [0.15, 0.2) is 0 Å². The van der Waals surface area contributed by atoms with Gasteiger partial charge in [0.05, 0.1) is 4.91 Å². The van der Waals surface area contributed by atoms with Gasteiger partial charge in [-0.3, -0.25) is 9.69 Å². The maximum atomic E-state index is 13.7. The molecule has 0 bridgehead atoms. The van der Waals surface area contributed by atoms with Crippen molar-refractivity contribution >= 4 is 46.3 Å². The standard InChI is InChI=1S/C15H14FNO3S2/c1-8(2)12(14(19)20)17-13(18)11(22-15(17)21)7-9-5-3-4-6-10(9)16/h3-8,12H,1-2H3,(H,19,20)/b11-7-/t12-/m1/s1. The zero-order chi connectivity index (χ0) is 16.4. The Bertz CT molecular complexity index is 673. The van der Waals surface area contributed by atoms with Crippen molar-refractivity contribution in [1.82, 2.24) is 4.90 Å². The second-order valence-electron chi connectivity index (χ2n) is 5.10. The molecule has 1 N–H and O–H groups in total. The van der Waals surface area contributed by atoms with E-state index in [0.29, 0.717) is 0 Å². The van der Waals surface area contributed by atoms with Crippen LogP contribution in [0.4, 0.5) is 4.39 Å². The topological polar surface area (TPSA) is 57.6 Å². The number of carboxylic acid groups (broad SMARTS) is 1. The van der Waals surface area contributed by atoms with Crippen LogP contribution in [0, 0.1) is 11.7 Å². The average Bonchev–Trinajstić information content (AvgIpc) is 2.69. The number of carbonyl (C=O) groups is 2. The summed E-state index contributed by atoms with van der Waals surface area (Å²) in [5.74, 6) is -2.36. The molecule has 116 valence electrons. The number of aliphatic carboxylic acids is 1. The lowest BCUT2D eigenvalue weighted by atomic mass is 10.0. The first-order valence-corrected chi connectivity index (χ1v) is 7.79. The van der Waals surface area contributed by atoms with Gasteiger partial charge in [0.2, 0.25) is 0 Å². The minimum atomic E-state index is -1.11. The van der Waals surface area contributed by atoms with Crippen LogP contribution >= 0.6 is 24.0 Å². The Labute approximate surface area is 137 Å². The number of hydrogen-bond acceptors (Lipinski definition) is 4. The van der Waals surface area contributed by atoms with E-state index in [1.807, 2.05) is 0 Å². The first-order valence-electron chi connectivity index (χ1n) is 6.57. The first-order chi connectivity index (χ1) is 10.3. The van der Waals surface area contributed by atoms with Crippen LogP contribution in [0.2, 0.25) is 0 Å². The zero-order valence-corrected chi connectivity index (χ0v) is 13.6. The highest BCUT2D eigenvalue weighted by atomic mass is 32.2. The molecule has 7 heteroatoms. The van der Waals surface area contributed by atoms with Gasteiger partial charge >= 0.3 is 5.97 Å². The number of hydrogen-bond donors (Lipinski definition) is 1. The lowest BCUT2D eigenvalue weighted by Gasteiger charge is -2.26. The summed E-state index contributed by atoms with van der Waals surface area (Å²) < 4.78 is 13.8. The van der Waals surface area contributed by atoms with Crippen LogP contribution in [0.1, 0.15) is 19.4 Å². The van der Waals surface area contributed by atoms with Crippen LogP contribution in [0.25, 0.3) is 6.08 Å². The van der Waals surface area contributed by atoms with Crippen LogP contribution in [0.3, 0.4) is 0 Å². The largest absolute Gasteiger partial charge is 0.480 e. The first kappa shape index (κ1) is 16.6. The van der Waals surface area contributed by atoms with Crippen LogP contribution < -0.4 is 0 Å². The highest BCUT2D eigenvalue weighted by Gasteiger charge is 2.41. The van der Waals surface area contributed by atoms with Crippen LogP contribution in [0.5, 0.6) is 0 Å². The number of carbonyl (C=O) groups excluding carboxylic acids is 1. The molecule has 0 saturated carbocycles. The molecule has 1 aliphatic heterocycles. The van der Waals surface area contributed by atoms with Gasteiger partial charge in [-0.15, -0.1) is 0 Å². The van der Waals surface area contributed by atoms with Gasteiger partial charge in [0.25, 0.3) is 5.91 Å². The van der Waals surface area contributed by atoms with E-state index in [4.69, 9.17) is 12.2 Å². The molecule has 1 heterocycles. The normalized spacial score (nSPS) is 18.4. The summed E-state index contributed by atoms with van der Waals surface area (Å²) >= 11 is 6.12. The van der Waals surface area contributed by atoms with E-state index in [9.17, 15) is 19.1 Å². The Morgan fingerprint density at radius 2 is 2.05 bits per heavy atom. The minimum Gasteiger partial charge on any atom is -0.480 e. The second kappa shape index (κ2) is 6.58. The van der Waals surface area contributed by atoms with Crippen molar-refractivity contribution in [2.24, 2.45) is 5.92 Å². The van der Waals surface area contributed by atoms with Crippen molar-refractivity contribution in [3.05, 3.63) is 40.6 Å². The van der Waals surface area contributed by atoms with Crippen molar-refractivity contribution in [3.63, 3.8) is 0 Å². The number of carboxylic acids is 1. The van der Waals surface area contributed by atoms with Crippen LogP contribution in [0.15, 0.2) is 29.2 Å². The summed E-state index contributed by atoms with van der Waals surface area (Å²) in [4.78, 5) is 25.2. The van der Waals surface area contributed by atoms with Gasteiger partial charge in [0.1, 0.15) is 16.2 Å². The van der Waals surface area contributed by atoms with Crippen molar-refractivity contribution in [2.75, 3.05) is 0 Å². The van der Waals surface area contributed by atoms with E-state index in [0.717, 1.165) is 16.7 Å². The Morgan fingerprint density at radius 3 is 2.59 bits per heavy atom. The SMILES string of the molecule is CC(C)[C@H](C(=O)O)N1C(=O)/C(=C/c2ccccc2F)SC1=S. The summed E-state index contributed by atoms with van der Waals surface area (Å²) in [6.07, 6.45) is 1.40. The Kier molecular flexibility index (Phi) is 4.97. The Hall–Kier alpha value is -1.73. The fourth-order valence-corrected chi connectivity index (χ4v) is 3.47. The summed E-state index contributed by atoms with van der Waals surface area (Å²) in [6, 6.07) is 5.01. The molecule has 0 spiro atoms. The monoisotopic (exact) mass is 339 g/mol. The van der Waals surface area contributed by atoms with E-state index in [1.165, 1.54) is 12.1 Å². The van der Waals surface area contributed by atoms with E-state index in [1.54, 1.807) is 32.0 Å². The summed E-state index contributed by atoms with van der Waals surface area (Å²) in [6.45, 7) is 3.41. The number of rotatable bonds is 4. The Balaban J connectivity index is 2.37. The Morgan fingerprint density at radius 1 is 1.41 bits per heavy atom. The molecule has 22 heavy (non-hydrogen) atoms. The molecule has 2 rings (SSSR count). The molecule has 1 aromatic carbocycles. The molecule has 1 aliphatic rings. The molecule has 1 saturated heterocycles. The molecular formula is C15H14FNO3S2. The smallest absolute Gasteiger partial charge is 0.327 e. The predicted octanol–water partition coefficient (Wildman–Crippen LogP) is 3.14. The molecule has 1 amide bonds. The number of thiocarbonyl (C=S) groups is 1. The highest BCUT2D eigenvalue weighted by Crippen LogP contribution is 2.35. The van der Waals surface area contributed by atoms with E-state index < -0.39 is 23.7 Å². The molecule has 0 aliphatic carbocycles. The van der Waals surface area contributed by atoms with Crippen LogP contribution in [-0.2, 0) is 9.59 Å². The zero-order valence-electron chi connectivity index (χ0n) is 11.9. The third-order valence-corrected chi connectivity index (χ3v) is 4.51. The number of benzene rings is 1. The summed E-state index contributed by atoms with van der Waals surface area (Å²) in [5, 5.41) is 9.32. The minimum absolute atomic E-state index is 0.175. The van der Waals surface area contributed by atoms with E-state index in [-0.39, 0.29) is 20.7 Å². The van der Waals surface area contributed by atoms with Crippen molar-refractivity contribution < 1.29 is 19.1 Å².